The number of fused-ring (bicyclic) bond motifs is 1. The van der Waals surface area contributed by atoms with Gasteiger partial charge in [-0.15, -0.1) is 12.4 Å². The summed E-state index contributed by atoms with van der Waals surface area (Å²) in [4.78, 5) is 4.57. The van der Waals surface area contributed by atoms with Crippen molar-refractivity contribution in [1.29, 1.82) is 0 Å². The molecule has 5 nitrogen and oxygen atoms in total. The second-order valence-electron chi connectivity index (χ2n) is 7.03. The average molecular weight is 374 g/mol. The smallest absolute Gasteiger partial charge is 0.244 e. The van der Waals surface area contributed by atoms with Crippen molar-refractivity contribution < 1.29 is 9.26 Å². The summed E-state index contributed by atoms with van der Waals surface area (Å²) in [6.45, 7) is 6.03. The molecular formula is C20H24ClN3O2. The highest BCUT2D eigenvalue weighted by Gasteiger charge is 2.22. The number of halogens is 1. The predicted octanol–water partition coefficient (Wildman–Crippen LogP) is 4.77. The van der Waals surface area contributed by atoms with Gasteiger partial charge in [0.2, 0.25) is 11.7 Å². The maximum atomic E-state index is 5.80. The van der Waals surface area contributed by atoms with Gasteiger partial charge in [0, 0.05) is 5.56 Å². The van der Waals surface area contributed by atoms with Crippen LogP contribution >= 0.6 is 12.4 Å². The van der Waals surface area contributed by atoms with Crippen LogP contribution in [-0.4, -0.2) is 23.3 Å². The van der Waals surface area contributed by atoms with Crippen LogP contribution in [0.1, 0.15) is 38.6 Å². The van der Waals surface area contributed by atoms with Crippen LogP contribution < -0.4 is 10.1 Å². The van der Waals surface area contributed by atoms with Gasteiger partial charge in [0.1, 0.15) is 5.75 Å². The normalized spacial score (nSPS) is 16.8. The second-order valence-corrected chi connectivity index (χ2v) is 7.03. The van der Waals surface area contributed by atoms with Crippen molar-refractivity contribution in [1.82, 2.24) is 15.5 Å². The molecule has 0 bridgehead atoms. The van der Waals surface area contributed by atoms with Crippen LogP contribution in [-0.2, 0) is 0 Å². The lowest BCUT2D eigenvalue weighted by Crippen LogP contribution is -2.12. The largest absolute Gasteiger partial charge is 0.493 e. The van der Waals surface area contributed by atoms with Crippen LogP contribution in [0.2, 0.25) is 0 Å². The van der Waals surface area contributed by atoms with E-state index in [1.807, 2.05) is 12.1 Å². The van der Waals surface area contributed by atoms with Crippen molar-refractivity contribution in [3.63, 3.8) is 0 Å². The highest BCUT2D eigenvalue weighted by Crippen LogP contribution is 2.28. The Morgan fingerprint density at radius 1 is 1.19 bits per heavy atom. The minimum atomic E-state index is 0. The Bertz CT molecular complexity index is 872. The summed E-state index contributed by atoms with van der Waals surface area (Å²) in [7, 11) is 0. The zero-order valence-electron chi connectivity index (χ0n) is 15.1. The summed E-state index contributed by atoms with van der Waals surface area (Å²) in [5.41, 5.74) is 0.969. The standard InChI is InChI=1S/C20H23N3O2.ClH/c1-13(2)12-24-17-8-7-14-10-16(6-5-15(14)11-17)19-22-20(25-23-19)18-4-3-9-21-18;/h5-8,10-11,13,18,21H,3-4,9,12H2,1-2H3;1H/t18-;/m0./s1. The monoisotopic (exact) mass is 373 g/mol. The fourth-order valence-electron chi connectivity index (χ4n) is 3.10. The number of rotatable bonds is 5. The molecule has 1 atom stereocenters. The molecule has 0 aliphatic carbocycles. The molecular weight excluding hydrogens is 350 g/mol. The lowest BCUT2D eigenvalue weighted by Gasteiger charge is -2.09. The van der Waals surface area contributed by atoms with Crippen LogP contribution in [0.3, 0.4) is 0 Å². The topological polar surface area (TPSA) is 60.2 Å². The summed E-state index contributed by atoms with van der Waals surface area (Å²) in [5, 5.41) is 9.82. The number of nitrogens with zero attached hydrogens (tertiary/aromatic N) is 2. The molecule has 2 aromatic carbocycles. The van der Waals surface area contributed by atoms with Crippen molar-refractivity contribution in [3.05, 3.63) is 42.3 Å². The highest BCUT2D eigenvalue weighted by molar-refractivity contribution is 5.87. The van der Waals surface area contributed by atoms with E-state index < -0.39 is 0 Å². The van der Waals surface area contributed by atoms with E-state index in [2.05, 4.69) is 53.6 Å². The number of aromatic nitrogens is 2. The van der Waals surface area contributed by atoms with Gasteiger partial charge in [0.05, 0.1) is 12.6 Å². The lowest BCUT2D eigenvalue weighted by atomic mass is 10.1. The van der Waals surface area contributed by atoms with Crippen LogP contribution in [0, 0.1) is 5.92 Å². The molecule has 0 radical (unpaired) electrons. The molecule has 138 valence electrons. The predicted molar refractivity (Wildman–Crippen MR) is 105 cm³/mol. The summed E-state index contributed by atoms with van der Waals surface area (Å²) < 4.78 is 11.2. The van der Waals surface area contributed by atoms with Crippen molar-refractivity contribution in [3.8, 4) is 17.1 Å². The van der Waals surface area contributed by atoms with Gasteiger partial charge in [-0.3, -0.25) is 0 Å². The Labute approximate surface area is 159 Å². The molecule has 3 aromatic rings. The second kappa shape index (κ2) is 8.06. The van der Waals surface area contributed by atoms with Gasteiger partial charge >= 0.3 is 0 Å². The lowest BCUT2D eigenvalue weighted by molar-refractivity contribution is 0.271. The third kappa shape index (κ3) is 4.00. The summed E-state index contributed by atoms with van der Waals surface area (Å²) >= 11 is 0. The SMILES string of the molecule is CC(C)COc1ccc2cc(-c3noc([C@@H]4CCCN4)n3)ccc2c1.Cl. The molecule has 1 N–H and O–H groups in total. The van der Waals surface area contributed by atoms with Crippen LogP contribution in [0.15, 0.2) is 40.9 Å². The fraction of sp³-hybridized carbons (Fsp3) is 0.400. The van der Waals surface area contributed by atoms with Gasteiger partial charge < -0.3 is 14.6 Å². The maximum Gasteiger partial charge on any atom is 0.244 e. The summed E-state index contributed by atoms with van der Waals surface area (Å²) in [5.74, 6) is 2.75. The molecule has 1 aromatic heterocycles. The van der Waals surface area contributed by atoms with E-state index in [9.17, 15) is 0 Å². The van der Waals surface area contributed by atoms with E-state index >= 15 is 0 Å². The Morgan fingerprint density at radius 3 is 2.77 bits per heavy atom. The van der Waals surface area contributed by atoms with Crippen molar-refractivity contribution in [2.24, 2.45) is 5.92 Å². The Hall–Kier alpha value is -2.11. The zero-order chi connectivity index (χ0) is 17.2. The molecule has 6 heteroatoms. The van der Waals surface area contributed by atoms with E-state index in [-0.39, 0.29) is 18.4 Å². The molecule has 0 saturated carbocycles. The van der Waals surface area contributed by atoms with E-state index in [4.69, 9.17) is 9.26 Å². The highest BCUT2D eigenvalue weighted by atomic mass is 35.5. The minimum Gasteiger partial charge on any atom is -0.493 e. The summed E-state index contributed by atoms with van der Waals surface area (Å²) in [6.07, 6.45) is 2.21. The maximum absolute atomic E-state index is 5.80. The molecule has 1 saturated heterocycles. The van der Waals surface area contributed by atoms with Crippen LogP contribution in [0.5, 0.6) is 5.75 Å². The zero-order valence-corrected chi connectivity index (χ0v) is 15.9. The Kier molecular flexibility index (Phi) is 5.79. The van der Waals surface area contributed by atoms with Gasteiger partial charge in [-0.1, -0.05) is 37.2 Å². The Morgan fingerprint density at radius 2 is 2.00 bits per heavy atom. The van der Waals surface area contributed by atoms with Gasteiger partial charge in [0.25, 0.3) is 0 Å². The fourth-order valence-corrected chi connectivity index (χ4v) is 3.10. The Balaban J connectivity index is 0.00000196. The molecule has 4 rings (SSSR count). The first-order chi connectivity index (χ1) is 12.2. The molecule has 0 unspecified atom stereocenters. The van der Waals surface area contributed by atoms with Crippen molar-refractivity contribution >= 4 is 23.2 Å². The number of hydrogen-bond donors (Lipinski definition) is 1. The van der Waals surface area contributed by atoms with Gasteiger partial charge in [-0.2, -0.15) is 4.98 Å². The first-order valence-corrected chi connectivity index (χ1v) is 8.93. The number of benzene rings is 2. The van der Waals surface area contributed by atoms with E-state index in [1.165, 1.54) is 0 Å². The number of hydrogen-bond acceptors (Lipinski definition) is 5. The van der Waals surface area contributed by atoms with Crippen LogP contribution in [0.25, 0.3) is 22.2 Å². The summed E-state index contributed by atoms with van der Waals surface area (Å²) in [6, 6.07) is 12.6. The molecule has 1 aliphatic heterocycles. The third-order valence-corrected chi connectivity index (χ3v) is 4.45. The van der Waals surface area contributed by atoms with Gasteiger partial charge in [-0.25, -0.2) is 0 Å². The van der Waals surface area contributed by atoms with Crippen molar-refractivity contribution in [2.45, 2.75) is 32.7 Å². The van der Waals surface area contributed by atoms with E-state index in [1.54, 1.807) is 0 Å². The van der Waals surface area contributed by atoms with Crippen LogP contribution in [0.4, 0.5) is 0 Å². The minimum absolute atomic E-state index is 0. The molecule has 0 spiro atoms. The van der Waals surface area contributed by atoms with Crippen molar-refractivity contribution in [2.75, 3.05) is 13.2 Å². The number of nitrogens with one attached hydrogen (secondary N) is 1. The van der Waals surface area contributed by atoms with E-state index in [0.29, 0.717) is 17.6 Å². The average Bonchev–Trinajstić information content (AvgIpc) is 3.30. The number of ether oxygens (including phenoxy) is 1. The third-order valence-electron chi connectivity index (χ3n) is 4.45. The quantitative estimate of drug-likeness (QED) is 0.698. The first kappa shape index (κ1) is 18.7. The van der Waals surface area contributed by atoms with Gasteiger partial charge in [0.15, 0.2) is 0 Å². The molecule has 26 heavy (non-hydrogen) atoms. The molecule has 2 heterocycles. The van der Waals surface area contributed by atoms with E-state index in [0.717, 1.165) is 48.1 Å². The first-order valence-electron chi connectivity index (χ1n) is 8.93. The van der Waals surface area contributed by atoms with Gasteiger partial charge in [-0.05, 0) is 54.3 Å². The molecule has 1 aliphatic rings. The molecule has 1 fully saturated rings. The molecule has 0 amide bonds.